The smallest absolute Gasteiger partial charge is 0.226 e. The zero-order chi connectivity index (χ0) is 14.0. The van der Waals surface area contributed by atoms with E-state index in [9.17, 15) is 8.42 Å². The van der Waals surface area contributed by atoms with Crippen LogP contribution in [0.2, 0.25) is 0 Å². The molecule has 6 nitrogen and oxygen atoms in total. The van der Waals surface area contributed by atoms with Crippen LogP contribution in [0.15, 0.2) is 4.52 Å². The van der Waals surface area contributed by atoms with E-state index in [1.54, 1.807) is 0 Å². The molecule has 2 unspecified atom stereocenters. The molecule has 3 rings (SSSR count). The van der Waals surface area contributed by atoms with Gasteiger partial charge in [0.05, 0.1) is 11.5 Å². The lowest BCUT2D eigenvalue weighted by Crippen LogP contribution is -2.29. The standard InChI is InChI=1S/C13H21N3O3S/c17-20(18)7-5-11(9-20)13-15-12(19-16-13)4-3-10-2-1-6-14-8-10/h10-11,14H,1-9H2. The van der Waals surface area contributed by atoms with Gasteiger partial charge in [-0.15, -0.1) is 0 Å². The first-order valence-corrected chi connectivity index (χ1v) is 9.18. The molecule has 2 aliphatic heterocycles. The van der Waals surface area contributed by atoms with Crippen LogP contribution in [0.1, 0.15) is 43.3 Å². The molecule has 0 amide bonds. The van der Waals surface area contributed by atoms with E-state index in [2.05, 4.69) is 15.5 Å². The summed E-state index contributed by atoms with van der Waals surface area (Å²) in [5, 5.41) is 7.36. The maximum atomic E-state index is 11.5. The zero-order valence-corrected chi connectivity index (χ0v) is 12.4. The molecule has 0 radical (unpaired) electrons. The van der Waals surface area contributed by atoms with Crippen LogP contribution in [0.25, 0.3) is 0 Å². The Bertz CT molecular complexity index is 549. The van der Waals surface area contributed by atoms with Gasteiger partial charge in [-0.25, -0.2) is 8.42 Å². The molecule has 1 N–H and O–H groups in total. The van der Waals surface area contributed by atoms with E-state index in [-0.39, 0.29) is 17.4 Å². The average Bonchev–Trinajstić information content (AvgIpc) is 3.04. The Kier molecular flexibility index (Phi) is 4.07. The monoisotopic (exact) mass is 299 g/mol. The Morgan fingerprint density at radius 2 is 2.25 bits per heavy atom. The first-order chi connectivity index (χ1) is 9.62. The molecular weight excluding hydrogens is 278 g/mol. The number of piperidine rings is 1. The minimum Gasteiger partial charge on any atom is -0.339 e. The normalized spacial score (nSPS) is 29.6. The molecule has 1 aromatic heterocycles. The number of sulfone groups is 1. The van der Waals surface area contributed by atoms with E-state index in [1.807, 2.05) is 0 Å². The number of aryl methyl sites for hydroxylation is 1. The van der Waals surface area contributed by atoms with Crippen molar-refractivity contribution in [2.24, 2.45) is 5.92 Å². The van der Waals surface area contributed by atoms with Crippen molar-refractivity contribution in [3.63, 3.8) is 0 Å². The summed E-state index contributed by atoms with van der Waals surface area (Å²) in [5.41, 5.74) is 0. The fourth-order valence-electron chi connectivity index (χ4n) is 3.03. The third-order valence-electron chi connectivity index (χ3n) is 4.25. The van der Waals surface area contributed by atoms with Crippen molar-refractivity contribution in [1.29, 1.82) is 0 Å². The third kappa shape index (κ3) is 3.38. The van der Waals surface area contributed by atoms with E-state index in [0.29, 0.717) is 24.1 Å². The van der Waals surface area contributed by atoms with Crippen molar-refractivity contribution >= 4 is 9.84 Å². The highest BCUT2D eigenvalue weighted by Crippen LogP contribution is 2.27. The van der Waals surface area contributed by atoms with Crippen molar-refractivity contribution in [3.05, 3.63) is 11.7 Å². The Hall–Kier alpha value is -0.950. The Morgan fingerprint density at radius 3 is 2.95 bits per heavy atom. The van der Waals surface area contributed by atoms with Gasteiger partial charge in [0.15, 0.2) is 15.7 Å². The lowest BCUT2D eigenvalue weighted by Gasteiger charge is -2.21. The number of hydrogen-bond donors (Lipinski definition) is 1. The second-order valence-electron chi connectivity index (χ2n) is 5.90. The first-order valence-electron chi connectivity index (χ1n) is 7.36. The van der Waals surface area contributed by atoms with Crippen LogP contribution >= 0.6 is 0 Å². The Balaban J connectivity index is 1.54. The Labute approximate surface area is 119 Å². The molecule has 2 saturated heterocycles. The van der Waals surface area contributed by atoms with Crippen molar-refractivity contribution in [2.45, 2.75) is 38.0 Å². The molecule has 0 bridgehead atoms. The summed E-state index contributed by atoms with van der Waals surface area (Å²) in [5.74, 6) is 2.24. The van der Waals surface area contributed by atoms with Crippen molar-refractivity contribution < 1.29 is 12.9 Å². The quantitative estimate of drug-likeness (QED) is 0.889. The number of nitrogens with zero attached hydrogens (tertiary/aromatic N) is 2. The molecule has 0 spiro atoms. The molecule has 3 heterocycles. The summed E-state index contributed by atoms with van der Waals surface area (Å²) in [6, 6.07) is 0. The molecule has 2 fully saturated rings. The van der Waals surface area contributed by atoms with Crippen LogP contribution < -0.4 is 5.32 Å². The van der Waals surface area contributed by atoms with Crippen LogP contribution in [0, 0.1) is 5.92 Å². The molecule has 2 atom stereocenters. The minimum absolute atomic E-state index is 0.0751. The summed E-state index contributed by atoms with van der Waals surface area (Å²) >= 11 is 0. The van der Waals surface area contributed by atoms with E-state index in [1.165, 1.54) is 12.8 Å². The molecule has 2 aliphatic rings. The molecule has 0 saturated carbocycles. The highest BCUT2D eigenvalue weighted by Gasteiger charge is 2.32. The summed E-state index contributed by atoms with van der Waals surface area (Å²) in [6.45, 7) is 2.19. The second kappa shape index (κ2) is 5.81. The predicted molar refractivity (Wildman–Crippen MR) is 74.2 cm³/mol. The van der Waals surface area contributed by atoms with E-state index >= 15 is 0 Å². The molecular formula is C13H21N3O3S. The maximum absolute atomic E-state index is 11.5. The number of hydrogen-bond acceptors (Lipinski definition) is 6. The highest BCUT2D eigenvalue weighted by molar-refractivity contribution is 7.91. The molecule has 0 aliphatic carbocycles. The van der Waals surface area contributed by atoms with Crippen LogP contribution in [0.4, 0.5) is 0 Å². The van der Waals surface area contributed by atoms with Gasteiger partial charge in [0.2, 0.25) is 5.89 Å². The predicted octanol–water partition coefficient (Wildman–Crippen LogP) is 0.904. The molecule has 20 heavy (non-hydrogen) atoms. The number of aromatic nitrogens is 2. The first kappa shape index (κ1) is 14.0. The van der Waals surface area contributed by atoms with Crippen molar-refractivity contribution in [1.82, 2.24) is 15.5 Å². The van der Waals surface area contributed by atoms with Gasteiger partial charge in [-0.2, -0.15) is 4.98 Å². The Morgan fingerprint density at radius 1 is 1.35 bits per heavy atom. The molecule has 7 heteroatoms. The van der Waals surface area contributed by atoms with Gasteiger partial charge in [0.25, 0.3) is 0 Å². The SMILES string of the molecule is O=S1(=O)CCC(c2noc(CCC3CCCNC3)n2)C1. The van der Waals surface area contributed by atoms with Gasteiger partial charge < -0.3 is 9.84 Å². The lowest BCUT2D eigenvalue weighted by molar-refractivity contribution is 0.325. The second-order valence-corrected chi connectivity index (χ2v) is 8.13. The largest absolute Gasteiger partial charge is 0.339 e. The maximum Gasteiger partial charge on any atom is 0.226 e. The molecule has 112 valence electrons. The third-order valence-corrected chi connectivity index (χ3v) is 6.01. The fraction of sp³-hybridized carbons (Fsp3) is 0.846. The fourth-order valence-corrected chi connectivity index (χ4v) is 4.77. The number of nitrogens with one attached hydrogen (secondary N) is 1. The van der Waals surface area contributed by atoms with Crippen LogP contribution in [0.5, 0.6) is 0 Å². The van der Waals surface area contributed by atoms with Gasteiger partial charge >= 0.3 is 0 Å². The van der Waals surface area contributed by atoms with Crippen molar-refractivity contribution in [2.75, 3.05) is 24.6 Å². The van der Waals surface area contributed by atoms with Gasteiger partial charge in [-0.05, 0) is 44.7 Å². The van der Waals surface area contributed by atoms with Crippen molar-refractivity contribution in [3.8, 4) is 0 Å². The average molecular weight is 299 g/mol. The summed E-state index contributed by atoms with van der Waals surface area (Å²) in [6.07, 6.45) is 4.96. The lowest BCUT2D eigenvalue weighted by atomic mass is 9.95. The number of rotatable bonds is 4. The molecule has 0 aromatic carbocycles. The highest BCUT2D eigenvalue weighted by atomic mass is 32.2. The van der Waals surface area contributed by atoms with Gasteiger partial charge in [0.1, 0.15) is 0 Å². The van der Waals surface area contributed by atoms with E-state index in [4.69, 9.17) is 4.52 Å². The van der Waals surface area contributed by atoms with Crippen LogP contribution in [-0.4, -0.2) is 43.2 Å². The van der Waals surface area contributed by atoms with Crippen LogP contribution in [-0.2, 0) is 16.3 Å². The summed E-state index contributed by atoms with van der Waals surface area (Å²) < 4.78 is 28.2. The minimum atomic E-state index is -2.89. The van der Waals surface area contributed by atoms with Crippen LogP contribution in [0.3, 0.4) is 0 Å². The zero-order valence-electron chi connectivity index (χ0n) is 11.5. The summed E-state index contributed by atoms with van der Waals surface area (Å²) in [7, 11) is -2.89. The summed E-state index contributed by atoms with van der Waals surface area (Å²) in [4.78, 5) is 4.38. The van der Waals surface area contributed by atoms with E-state index in [0.717, 1.165) is 25.9 Å². The topological polar surface area (TPSA) is 85.1 Å². The molecule has 1 aromatic rings. The van der Waals surface area contributed by atoms with Gasteiger partial charge in [-0.1, -0.05) is 5.16 Å². The van der Waals surface area contributed by atoms with Gasteiger partial charge in [0, 0.05) is 12.3 Å². The van der Waals surface area contributed by atoms with E-state index < -0.39 is 9.84 Å². The van der Waals surface area contributed by atoms with Gasteiger partial charge in [-0.3, -0.25) is 0 Å².